The summed E-state index contributed by atoms with van der Waals surface area (Å²) in [5.74, 6) is 0. The molecule has 1 fully saturated rings. The quantitative estimate of drug-likeness (QED) is 0.770. The van der Waals surface area contributed by atoms with Crippen LogP contribution in [0.4, 0.5) is 0 Å². The lowest BCUT2D eigenvalue weighted by Crippen LogP contribution is -2.50. The molecule has 0 aromatic carbocycles. The standard InChI is InChI=1S/C13H28N2/c1-5-12-9-7-6-8-10-15(12)11-13(2,3)14-4/h12,14H,5-11H2,1-4H3. The summed E-state index contributed by atoms with van der Waals surface area (Å²) in [5, 5.41) is 3.41. The second-order valence-electron chi connectivity index (χ2n) is 5.52. The van der Waals surface area contributed by atoms with Crippen LogP contribution in [0.25, 0.3) is 0 Å². The highest BCUT2D eigenvalue weighted by Gasteiger charge is 2.25. The molecular formula is C13H28N2. The summed E-state index contributed by atoms with van der Waals surface area (Å²) in [6.45, 7) is 9.40. The first kappa shape index (κ1) is 13.0. The Kier molecular flexibility index (Phi) is 5.07. The van der Waals surface area contributed by atoms with Gasteiger partial charge in [0.15, 0.2) is 0 Å². The Morgan fingerprint density at radius 1 is 1.27 bits per heavy atom. The van der Waals surface area contributed by atoms with Crippen molar-refractivity contribution < 1.29 is 0 Å². The van der Waals surface area contributed by atoms with Crippen LogP contribution in [-0.4, -0.2) is 36.6 Å². The van der Waals surface area contributed by atoms with E-state index in [1.807, 2.05) is 0 Å². The molecule has 1 heterocycles. The van der Waals surface area contributed by atoms with Crippen molar-refractivity contribution in [3.63, 3.8) is 0 Å². The van der Waals surface area contributed by atoms with Gasteiger partial charge in [-0.25, -0.2) is 0 Å². The summed E-state index contributed by atoms with van der Waals surface area (Å²) < 4.78 is 0. The van der Waals surface area contributed by atoms with E-state index >= 15 is 0 Å². The zero-order chi connectivity index (χ0) is 11.3. The van der Waals surface area contributed by atoms with Crippen LogP contribution in [-0.2, 0) is 0 Å². The fraction of sp³-hybridized carbons (Fsp3) is 1.00. The van der Waals surface area contributed by atoms with E-state index in [1.165, 1.54) is 45.2 Å². The van der Waals surface area contributed by atoms with E-state index in [-0.39, 0.29) is 5.54 Å². The first-order chi connectivity index (χ1) is 7.09. The minimum atomic E-state index is 0.248. The van der Waals surface area contributed by atoms with Gasteiger partial charge in [0.05, 0.1) is 0 Å². The zero-order valence-corrected chi connectivity index (χ0v) is 11.0. The Morgan fingerprint density at radius 3 is 2.60 bits per heavy atom. The molecule has 1 aliphatic rings. The van der Waals surface area contributed by atoms with Gasteiger partial charge in [-0.05, 0) is 46.7 Å². The van der Waals surface area contributed by atoms with Crippen molar-refractivity contribution in [2.75, 3.05) is 20.1 Å². The molecule has 1 N–H and O–H groups in total. The van der Waals surface area contributed by atoms with E-state index in [0.29, 0.717) is 0 Å². The van der Waals surface area contributed by atoms with Gasteiger partial charge in [-0.15, -0.1) is 0 Å². The minimum Gasteiger partial charge on any atom is -0.314 e. The van der Waals surface area contributed by atoms with Gasteiger partial charge in [0, 0.05) is 18.1 Å². The zero-order valence-electron chi connectivity index (χ0n) is 11.0. The lowest BCUT2D eigenvalue weighted by Gasteiger charge is -2.36. The van der Waals surface area contributed by atoms with Crippen LogP contribution in [0.15, 0.2) is 0 Å². The maximum Gasteiger partial charge on any atom is 0.0249 e. The summed E-state index contributed by atoms with van der Waals surface area (Å²) in [5.41, 5.74) is 0.248. The molecule has 1 atom stereocenters. The van der Waals surface area contributed by atoms with Crippen molar-refractivity contribution in [2.45, 2.75) is 64.5 Å². The van der Waals surface area contributed by atoms with Crippen molar-refractivity contribution >= 4 is 0 Å². The second-order valence-corrected chi connectivity index (χ2v) is 5.52. The Bertz CT molecular complexity index is 177. The molecule has 90 valence electrons. The average molecular weight is 212 g/mol. The summed E-state index contributed by atoms with van der Waals surface area (Å²) >= 11 is 0. The van der Waals surface area contributed by atoms with E-state index in [2.05, 4.69) is 38.0 Å². The Labute approximate surface area is 95.4 Å². The monoisotopic (exact) mass is 212 g/mol. The van der Waals surface area contributed by atoms with Crippen LogP contribution >= 0.6 is 0 Å². The molecular weight excluding hydrogens is 184 g/mol. The SMILES string of the molecule is CCC1CCCCCN1CC(C)(C)NC. The predicted molar refractivity (Wildman–Crippen MR) is 67.3 cm³/mol. The highest BCUT2D eigenvalue weighted by molar-refractivity contribution is 4.84. The number of hydrogen-bond donors (Lipinski definition) is 1. The highest BCUT2D eigenvalue weighted by Crippen LogP contribution is 2.21. The molecule has 0 aromatic rings. The molecule has 15 heavy (non-hydrogen) atoms. The van der Waals surface area contributed by atoms with Crippen LogP contribution in [0.2, 0.25) is 0 Å². The molecule has 0 amide bonds. The maximum atomic E-state index is 3.41. The van der Waals surface area contributed by atoms with Crippen LogP contribution in [0.3, 0.4) is 0 Å². The minimum absolute atomic E-state index is 0.248. The molecule has 0 radical (unpaired) electrons. The lowest BCUT2D eigenvalue weighted by molar-refractivity contribution is 0.150. The number of likely N-dealkylation sites (N-methyl/N-ethyl adjacent to an activating group) is 1. The normalized spacial score (nSPS) is 25.2. The average Bonchev–Trinajstić information content (AvgIpc) is 2.42. The van der Waals surface area contributed by atoms with Crippen LogP contribution in [0.5, 0.6) is 0 Å². The molecule has 2 heteroatoms. The first-order valence-electron chi connectivity index (χ1n) is 6.52. The molecule has 0 aliphatic carbocycles. The number of nitrogens with one attached hydrogen (secondary N) is 1. The molecule has 1 saturated heterocycles. The van der Waals surface area contributed by atoms with Crippen LogP contribution in [0.1, 0.15) is 52.9 Å². The van der Waals surface area contributed by atoms with E-state index in [4.69, 9.17) is 0 Å². The Morgan fingerprint density at radius 2 is 2.00 bits per heavy atom. The van der Waals surface area contributed by atoms with Gasteiger partial charge in [0.1, 0.15) is 0 Å². The molecule has 1 rings (SSSR count). The van der Waals surface area contributed by atoms with Crippen molar-refractivity contribution in [1.29, 1.82) is 0 Å². The number of hydrogen-bond acceptors (Lipinski definition) is 2. The molecule has 0 spiro atoms. The fourth-order valence-electron chi connectivity index (χ4n) is 2.49. The maximum absolute atomic E-state index is 3.41. The van der Waals surface area contributed by atoms with Crippen molar-refractivity contribution in [3.05, 3.63) is 0 Å². The second kappa shape index (κ2) is 5.86. The van der Waals surface area contributed by atoms with Crippen molar-refractivity contribution in [1.82, 2.24) is 10.2 Å². The first-order valence-corrected chi connectivity index (χ1v) is 6.52. The third-order valence-corrected chi connectivity index (χ3v) is 3.75. The third kappa shape index (κ3) is 4.12. The van der Waals surface area contributed by atoms with Crippen LogP contribution in [0, 0.1) is 0 Å². The molecule has 2 nitrogen and oxygen atoms in total. The van der Waals surface area contributed by atoms with Crippen LogP contribution < -0.4 is 5.32 Å². The largest absolute Gasteiger partial charge is 0.314 e. The van der Waals surface area contributed by atoms with E-state index in [9.17, 15) is 0 Å². The van der Waals surface area contributed by atoms with Gasteiger partial charge < -0.3 is 5.32 Å². The molecule has 0 saturated carbocycles. The van der Waals surface area contributed by atoms with Gasteiger partial charge in [-0.1, -0.05) is 19.8 Å². The topological polar surface area (TPSA) is 15.3 Å². The summed E-state index contributed by atoms with van der Waals surface area (Å²) in [6, 6.07) is 0.820. The van der Waals surface area contributed by atoms with Gasteiger partial charge >= 0.3 is 0 Å². The van der Waals surface area contributed by atoms with Gasteiger partial charge in [0.25, 0.3) is 0 Å². The van der Waals surface area contributed by atoms with Crippen molar-refractivity contribution in [3.8, 4) is 0 Å². The van der Waals surface area contributed by atoms with Gasteiger partial charge in [-0.2, -0.15) is 0 Å². The molecule has 0 aromatic heterocycles. The van der Waals surface area contributed by atoms with E-state index in [1.54, 1.807) is 0 Å². The summed E-state index contributed by atoms with van der Waals surface area (Å²) in [4.78, 5) is 2.70. The highest BCUT2D eigenvalue weighted by atomic mass is 15.2. The Balaban J connectivity index is 2.55. The predicted octanol–water partition coefficient (Wildman–Crippen LogP) is 2.64. The lowest BCUT2D eigenvalue weighted by atomic mass is 10.0. The van der Waals surface area contributed by atoms with E-state index in [0.717, 1.165) is 6.04 Å². The smallest absolute Gasteiger partial charge is 0.0249 e. The molecule has 1 unspecified atom stereocenters. The molecule has 1 aliphatic heterocycles. The number of rotatable bonds is 4. The number of likely N-dealkylation sites (tertiary alicyclic amines) is 1. The van der Waals surface area contributed by atoms with Gasteiger partial charge in [-0.3, -0.25) is 4.90 Å². The van der Waals surface area contributed by atoms with E-state index < -0.39 is 0 Å². The van der Waals surface area contributed by atoms with Gasteiger partial charge in [0.2, 0.25) is 0 Å². The molecule has 0 bridgehead atoms. The summed E-state index contributed by atoms with van der Waals surface area (Å²) in [7, 11) is 2.07. The number of nitrogens with zero attached hydrogens (tertiary/aromatic N) is 1. The Hall–Kier alpha value is -0.0800. The fourth-order valence-corrected chi connectivity index (χ4v) is 2.49. The van der Waals surface area contributed by atoms with Crippen molar-refractivity contribution in [2.24, 2.45) is 0 Å². The summed E-state index contributed by atoms with van der Waals surface area (Å²) in [6.07, 6.45) is 6.94. The third-order valence-electron chi connectivity index (χ3n) is 3.75.